The number of aliphatic hydroxyl groups is 1. The fourth-order valence-corrected chi connectivity index (χ4v) is 5.67. The van der Waals surface area contributed by atoms with E-state index >= 15 is 0 Å². The fraction of sp³-hybridized carbons (Fsp3) is 0.435. The zero-order valence-electron chi connectivity index (χ0n) is 18.1. The molecule has 4 heterocycles. The summed E-state index contributed by atoms with van der Waals surface area (Å²) in [5, 5.41) is 13.5. The Hall–Kier alpha value is -2.75. The molecule has 3 aromatic rings. The highest BCUT2D eigenvalue weighted by Crippen LogP contribution is 2.33. The number of nitrogens with one attached hydrogen (secondary N) is 1. The summed E-state index contributed by atoms with van der Waals surface area (Å²) in [5.41, 5.74) is 15.6. The molecule has 1 fully saturated rings. The zero-order valence-corrected chi connectivity index (χ0v) is 18.9. The van der Waals surface area contributed by atoms with E-state index < -0.39 is 5.54 Å². The van der Waals surface area contributed by atoms with Crippen LogP contribution in [0.1, 0.15) is 39.5 Å². The molecule has 2 aliphatic rings. The topological polar surface area (TPSA) is 130 Å². The van der Waals surface area contributed by atoms with Crippen molar-refractivity contribution in [2.45, 2.75) is 44.2 Å². The van der Waals surface area contributed by atoms with Crippen LogP contribution in [0.2, 0.25) is 0 Å². The normalized spacial score (nSPS) is 22.8. The molecule has 32 heavy (non-hydrogen) atoms. The molecule has 1 amide bonds. The second kappa shape index (κ2) is 7.99. The molecule has 1 aliphatic heterocycles. The first-order chi connectivity index (χ1) is 15.3. The van der Waals surface area contributed by atoms with Gasteiger partial charge in [0.1, 0.15) is 15.5 Å². The van der Waals surface area contributed by atoms with Crippen molar-refractivity contribution >= 4 is 39.0 Å². The van der Waals surface area contributed by atoms with Gasteiger partial charge in [0.15, 0.2) is 0 Å². The van der Waals surface area contributed by atoms with Crippen molar-refractivity contribution in [3.05, 3.63) is 46.1 Å². The number of rotatable bonds is 4. The van der Waals surface area contributed by atoms with Crippen molar-refractivity contribution in [3.63, 3.8) is 0 Å². The second-order valence-corrected chi connectivity index (χ2v) is 10.0. The number of nitrogens with zero attached hydrogens (tertiary/aromatic N) is 3. The van der Waals surface area contributed by atoms with E-state index in [2.05, 4.69) is 21.3 Å². The first-order valence-electron chi connectivity index (χ1n) is 11.0. The third-order valence-electron chi connectivity index (χ3n) is 6.55. The maximum atomic E-state index is 13.0. The maximum Gasteiger partial charge on any atom is 0.263 e. The Labute approximate surface area is 190 Å². The summed E-state index contributed by atoms with van der Waals surface area (Å²) in [6.07, 6.45) is 3.13. The Balaban J connectivity index is 1.28. The van der Waals surface area contributed by atoms with Gasteiger partial charge in [0.2, 0.25) is 0 Å². The van der Waals surface area contributed by atoms with Crippen LogP contribution in [0, 0.1) is 6.92 Å². The Bertz CT molecular complexity index is 1190. The lowest BCUT2D eigenvalue weighted by Gasteiger charge is -2.27. The number of pyridine rings is 2. The maximum absolute atomic E-state index is 13.0. The van der Waals surface area contributed by atoms with Crippen molar-refractivity contribution in [2.24, 2.45) is 5.73 Å². The predicted octanol–water partition coefficient (Wildman–Crippen LogP) is 1.77. The van der Waals surface area contributed by atoms with Crippen molar-refractivity contribution in [1.29, 1.82) is 0 Å². The van der Waals surface area contributed by atoms with Crippen LogP contribution in [0.25, 0.3) is 10.2 Å². The van der Waals surface area contributed by atoms with Crippen molar-refractivity contribution in [1.82, 2.24) is 15.3 Å². The summed E-state index contributed by atoms with van der Waals surface area (Å²) in [7, 11) is 0. The van der Waals surface area contributed by atoms with Gasteiger partial charge >= 0.3 is 0 Å². The van der Waals surface area contributed by atoms with E-state index in [0.29, 0.717) is 17.1 Å². The van der Waals surface area contributed by atoms with E-state index in [1.165, 1.54) is 11.3 Å². The molecular formula is C23H28N6O2S. The molecule has 0 bridgehead atoms. The van der Waals surface area contributed by atoms with Crippen LogP contribution < -0.4 is 21.7 Å². The minimum absolute atomic E-state index is 0.0181. The molecule has 0 spiro atoms. The number of nitrogens with two attached hydrogens (primary N) is 2. The Morgan fingerprint density at radius 3 is 2.97 bits per heavy atom. The smallest absolute Gasteiger partial charge is 0.263 e. The highest BCUT2D eigenvalue weighted by molar-refractivity contribution is 7.21. The number of fused-ring (bicyclic) bond motifs is 2. The number of aliphatic hydroxyl groups excluding tert-OH is 1. The molecule has 0 unspecified atom stereocenters. The lowest BCUT2D eigenvalue weighted by atomic mass is 9.91. The third kappa shape index (κ3) is 3.80. The van der Waals surface area contributed by atoms with E-state index in [-0.39, 0.29) is 18.6 Å². The van der Waals surface area contributed by atoms with Gasteiger partial charge in [-0.15, -0.1) is 11.3 Å². The van der Waals surface area contributed by atoms with Gasteiger partial charge in [-0.1, -0.05) is 6.07 Å². The van der Waals surface area contributed by atoms with E-state index in [0.717, 1.165) is 65.2 Å². The first-order valence-corrected chi connectivity index (χ1v) is 11.8. The number of nitrogen functional groups attached to an aromatic ring is 1. The standard InChI is InChI=1S/C23H28N6O2S/c1-13-2-5-16-19(24)20(32-22(16)26-13)21(31)27-15-4-6-17-14(10-15)3-7-18(28-17)29-9-8-23(25,11-29)12-30/h2-3,5,7,15,30H,4,6,8-12,24-25H2,1H3,(H,27,31)/t15-,23-/m0/s1. The van der Waals surface area contributed by atoms with Crippen LogP contribution in [-0.2, 0) is 12.8 Å². The first kappa shape index (κ1) is 21.1. The molecule has 5 rings (SSSR count). The summed E-state index contributed by atoms with van der Waals surface area (Å²) in [4.78, 5) is 25.8. The largest absolute Gasteiger partial charge is 0.397 e. The van der Waals surface area contributed by atoms with Gasteiger partial charge in [0.05, 0.1) is 17.8 Å². The van der Waals surface area contributed by atoms with Gasteiger partial charge in [-0.25, -0.2) is 9.97 Å². The van der Waals surface area contributed by atoms with Crippen molar-refractivity contribution in [2.75, 3.05) is 30.3 Å². The van der Waals surface area contributed by atoms with Gasteiger partial charge in [0, 0.05) is 35.9 Å². The Kier molecular flexibility index (Phi) is 5.27. The average Bonchev–Trinajstić information content (AvgIpc) is 3.34. The summed E-state index contributed by atoms with van der Waals surface area (Å²) in [6.45, 7) is 3.32. The summed E-state index contributed by atoms with van der Waals surface area (Å²) in [6, 6.07) is 8.00. The van der Waals surface area contributed by atoms with Gasteiger partial charge in [-0.2, -0.15) is 0 Å². The minimum Gasteiger partial charge on any atom is -0.397 e. The second-order valence-electron chi connectivity index (χ2n) is 9.03. The molecule has 8 nitrogen and oxygen atoms in total. The molecule has 9 heteroatoms. The monoisotopic (exact) mass is 452 g/mol. The number of thiophene rings is 1. The SMILES string of the molecule is Cc1ccc2c(N)c(C(=O)N[C@H]3CCc4nc(N5CC[C@@](N)(CO)C5)ccc4C3)sc2n1. The van der Waals surface area contributed by atoms with E-state index in [1.807, 2.05) is 25.1 Å². The number of amides is 1. The third-order valence-corrected chi connectivity index (χ3v) is 7.66. The van der Waals surface area contributed by atoms with Gasteiger partial charge in [-0.3, -0.25) is 4.79 Å². The summed E-state index contributed by atoms with van der Waals surface area (Å²) < 4.78 is 0. The van der Waals surface area contributed by atoms with E-state index in [4.69, 9.17) is 16.5 Å². The van der Waals surface area contributed by atoms with Gasteiger partial charge < -0.3 is 26.8 Å². The van der Waals surface area contributed by atoms with Crippen LogP contribution in [0.3, 0.4) is 0 Å². The van der Waals surface area contributed by atoms with Gasteiger partial charge in [-0.05, 0) is 56.4 Å². The quantitative estimate of drug-likeness (QED) is 0.474. The van der Waals surface area contributed by atoms with Crippen LogP contribution >= 0.6 is 11.3 Å². The number of hydrogen-bond donors (Lipinski definition) is 4. The highest BCUT2D eigenvalue weighted by atomic mass is 32.1. The molecule has 1 saturated heterocycles. The number of aryl methyl sites for hydroxylation is 2. The molecule has 2 atom stereocenters. The molecule has 6 N–H and O–H groups in total. The van der Waals surface area contributed by atoms with Gasteiger partial charge in [0.25, 0.3) is 5.91 Å². The van der Waals surface area contributed by atoms with Crippen LogP contribution in [0.15, 0.2) is 24.3 Å². The summed E-state index contributed by atoms with van der Waals surface area (Å²) in [5.74, 6) is 0.773. The van der Waals surface area contributed by atoms with E-state index in [9.17, 15) is 9.90 Å². The molecule has 0 aromatic carbocycles. The predicted molar refractivity (Wildman–Crippen MR) is 127 cm³/mol. The number of aromatic nitrogens is 2. The Morgan fingerprint density at radius 1 is 1.34 bits per heavy atom. The summed E-state index contributed by atoms with van der Waals surface area (Å²) >= 11 is 1.34. The molecule has 0 radical (unpaired) electrons. The van der Waals surface area contributed by atoms with Crippen LogP contribution in [0.5, 0.6) is 0 Å². The lowest BCUT2D eigenvalue weighted by Crippen LogP contribution is -2.46. The average molecular weight is 453 g/mol. The lowest BCUT2D eigenvalue weighted by molar-refractivity contribution is 0.0938. The number of anilines is 2. The Morgan fingerprint density at radius 2 is 2.19 bits per heavy atom. The molecule has 168 valence electrons. The number of carbonyl (C=O) groups excluding carboxylic acids is 1. The molecule has 1 aliphatic carbocycles. The van der Waals surface area contributed by atoms with Crippen molar-refractivity contribution in [3.8, 4) is 0 Å². The highest BCUT2D eigenvalue weighted by Gasteiger charge is 2.35. The molecular weight excluding hydrogens is 424 g/mol. The minimum atomic E-state index is -0.546. The molecule has 3 aromatic heterocycles. The van der Waals surface area contributed by atoms with Crippen LogP contribution in [-0.4, -0.2) is 52.3 Å². The fourth-order valence-electron chi connectivity index (χ4n) is 4.63. The van der Waals surface area contributed by atoms with Crippen molar-refractivity contribution < 1.29 is 9.90 Å². The van der Waals surface area contributed by atoms with Crippen LogP contribution in [0.4, 0.5) is 11.5 Å². The zero-order chi connectivity index (χ0) is 22.5. The molecule has 0 saturated carbocycles. The van der Waals surface area contributed by atoms with E-state index in [1.54, 1.807) is 0 Å². The number of hydrogen-bond acceptors (Lipinski definition) is 8. The number of carbonyl (C=O) groups is 1.